The molecule has 0 radical (unpaired) electrons. The average molecular weight is 256 g/mol. The molecule has 0 aliphatic carbocycles. The van der Waals surface area contributed by atoms with E-state index in [2.05, 4.69) is 21.2 Å². The van der Waals surface area contributed by atoms with Gasteiger partial charge in [0.2, 0.25) is 6.29 Å². The molecule has 1 rings (SSSR count). The third kappa shape index (κ3) is 3.30. The van der Waals surface area contributed by atoms with Gasteiger partial charge in [-0.15, -0.1) is 0 Å². The van der Waals surface area contributed by atoms with Gasteiger partial charge in [-0.25, -0.2) is 0 Å². The number of benzene rings is 1. The summed E-state index contributed by atoms with van der Waals surface area (Å²) in [6.07, 6.45) is 0.987. The smallest absolute Gasteiger partial charge is 0.284 e. The highest BCUT2D eigenvalue weighted by molar-refractivity contribution is 9.10. The molecule has 0 fully saturated rings. The Bertz CT molecular complexity index is 339. The van der Waals surface area contributed by atoms with Crippen LogP contribution >= 0.6 is 15.9 Å². The molecule has 3 nitrogen and oxygen atoms in total. The molecule has 0 saturated carbocycles. The molecule has 0 spiro atoms. The van der Waals surface area contributed by atoms with Crippen molar-refractivity contribution in [3.05, 3.63) is 34.3 Å². The molecule has 0 bridgehead atoms. The van der Waals surface area contributed by atoms with Crippen LogP contribution in [0.2, 0.25) is 0 Å². The van der Waals surface area contributed by atoms with E-state index >= 15 is 0 Å². The van der Waals surface area contributed by atoms with E-state index in [1.54, 1.807) is 0 Å². The van der Waals surface area contributed by atoms with E-state index in [4.69, 9.17) is 0 Å². The molecule has 1 aromatic carbocycles. The van der Waals surface area contributed by atoms with Crippen LogP contribution < -0.4 is 5.32 Å². The summed E-state index contributed by atoms with van der Waals surface area (Å²) in [5.41, 5.74) is 1.11. The summed E-state index contributed by atoms with van der Waals surface area (Å²) in [4.78, 5) is 20.6. The minimum Gasteiger partial charge on any atom is -0.349 e. The van der Waals surface area contributed by atoms with E-state index in [1.807, 2.05) is 24.3 Å². The Balaban J connectivity index is 2.42. The summed E-state index contributed by atoms with van der Waals surface area (Å²) in [5.74, 6) is -0.572. The van der Waals surface area contributed by atoms with Gasteiger partial charge >= 0.3 is 0 Å². The third-order valence-electron chi connectivity index (χ3n) is 1.76. The first-order valence-electron chi connectivity index (χ1n) is 4.20. The second-order valence-corrected chi connectivity index (χ2v) is 3.60. The highest BCUT2D eigenvalue weighted by Crippen LogP contribution is 2.15. The summed E-state index contributed by atoms with van der Waals surface area (Å²) in [6, 6.07) is 7.77. The largest absolute Gasteiger partial charge is 0.349 e. The van der Waals surface area contributed by atoms with Crippen LogP contribution in [0, 0.1) is 0 Å². The second kappa shape index (κ2) is 5.54. The van der Waals surface area contributed by atoms with Gasteiger partial charge in [-0.05, 0) is 18.1 Å². The van der Waals surface area contributed by atoms with Crippen LogP contribution in [0.3, 0.4) is 0 Å². The number of nitrogens with one attached hydrogen (secondary N) is 1. The van der Waals surface area contributed by atoms with Gasteiger partial charge in [-0.2, -0.15) is 0 Å². The molecule has 0 saturated heterocycles. The zero-order chi connectivity index (χ0) is 10.4. The van der Waals surface area contributed by atoms with E-state index in [-0.39, 0.29) is 6.29 Å². The fraction of sp³-hybridized carbons (Fsp3) is 0.200. The summed E-state index contributed by atoms with van der Waals surface area (Å²) >= 11 is 3.40. The maximum atomic E-state index is 10.6. The molecule has 4 heteroatoms. The lowest BCUT2D eigenvalue weighted by Gasteiger charge is -2.03. The Kier molecular flexibility index (Phi) is 4.32. The molecule has 0 atom stereocenters. The molecule has 14 heavy (non-hydrogen) atoms. The maximum Gasteiger partial charge on any atom is 0.284 e. The van der Waals surface area contributed by atoms with Crippen molar-refractivity contribution in [3.63, 3.8) is 0 Å². The van der Waals surface area contributed by atoms with E-state index < -0.39 is 5.91 Å². The lowest BCUT2D eigenvalue weighted by atomic mass is 10.1. The first kappa shape index (κ1) is 10.9. The Morgan fingerprint density at radius 3 is 2.79 bits per heavy atom. The monoisotopic (exact) mass is 255 g/mol. The van der Waals surface area contributed by atoms with Crippen molar-refractivity contribution >= 4 is 28.1 Å². The third-order valence-corrected chi connectivity index (χ3v) is 2.53. The van der Waals surface area contributed by atoms with Crippen molar-refractivity contribution < 1.29 is 9.59 Å². The highest BCUT2D eigenvalue weighted by Gasteiger charge is 1.99. The number of aldehydes is 1. The molecular weight excluding hydrogens is 246 g/mol. The van der Waals surface area contributed by atoms with Crippen LogP contribution in [0.5, 0.6) is 0 Å². The van der Waals surface area contributed by atoms with Gasteiger partial charge < -0.3 is 5.32 Å². The second-order valence-electron chi connectivity index (χ2n) is 2.75. The standard InChI is InChI=1S/C10H10BrNO2/c11-9-4-2-1-3-8(9)5-6-12-10(14)7-13/h1-4,7H,5-6H2,(H,12,14). The maximum absolute atomic E-state index is 10.6. The molecule has 1 amide bonds. The molecule has 74 valence electrons. The minimum absolute atomic E-state index is 0.278. The van der Waals surface area contributed by atoms with Gasteiger partial charge in [0.05, 0.1) is 0 Å². The lowest BCUT2D eigenvalue weighted by molar-refractivity contribution is -0.131. The van der Waals surface area contributed by atoms with Crippen LogP contribution in [0.25, 0.3) is 0 Å². The van der Waals surface area contributed by atoms with E-state index in [0.29, 0.717) is 13.0 Å². The van der Waals surface area contributed by atoms with E-state index in [0.717, 1.165) is 10.0 Å². The molecule has 0 aliphatic rings. The van der Waals surface area contributed by atoms with Crippen molar-refractivity contribution in [1.82, 2.24) is 5.32 Å². The van der Waals surface area contributed by atoms with Gasteiger partial charge in [-0.1, -0.05) is 34.1 Å². The summed E-state index contributed by atoms with van der Waals surface area (Å²) in [7, 11) is 0. The number of amides is 1. The predicted octanol–water partition coefficient (Wildman–Crippen LogP) is 1.31. The van der Waals surface area contributed by atoms with Gasteiger partial charge in [0, 0.05) is 11.0 Å². The number of hydrogen-bond acceptors (Lipinski definition) is 2. The fourth-order valence-corrected chi connectivity index (χ4v) is 1.55. The normalized spacial score (nSPS) is 9.50. The molecule has 0 aromatic heterocycles. The van der Waals surface area contributed by atoms with Crippen molar-refractivity contribution in [1.29, 1.82) is 0 Å². The minimum atomic E-state index is -0.572. The van der Waals surface area contributed by atoms with Gasteiger partial charge in [-0.3, -0.25) is 9.59 Å². The predicted molar refractivity (Wildman–Crippen MR) is 56.9 cm³/mol. The zero-order valence-corrected chi connectivity index (χ0v) is 9.08. The number of carbonyl (C=O) groups is 2. The first-order chi connectivity index (χ1) is 6.74. The van der Waals surface area contributed by atoms with Gasteiger partial charge in [0.25, 0.3) is 5.91 Å². The SMILES string of the molecule is O=CC(=O)NCCc1ccccc1Br. The van der Waals surface area contributed by atoms with Crippen LogP contribution in [-0.2, 0) is 16.0 Å². The average Bonchev–Trinajstić information content (AvgIpc) is 2.20. The van der Waals surface area contributed by atoms with Crippen molar-refractivity contribution in [2.24, 2.45) is 0 Å². The van der Waals surface area contributed by atoms with E-state index in [9.17, 15) is 9.59 Å². The Morgan fingerprint density at radius 1 is 1.43 bits per heavy atom. The number of rotatable bonds is 4. The van der Waals surface area contributed by atoms with Crippen LogP contribution in [0.4, 0.5) is 0 Å². The molecular formula is C10H10BrNO2. The molecule has 1 aromatic rings. The van der Waals surface area contributed by atoms with Crippen LogP contribution in [0.1, 0.15) is 5.56 Å². The Morgan fingerprint density at radius 2 is 2.14 bits per heavy atom. The van der Waals surface area contributed by atoms with Crippen molar-refractivity contribution in [2.75, 3.05) is 6.54 Å². The Labute approximate surface area is 90.6 Å². The van der Waals surface area contributed by atoms with Crippen LogP contribution in [-0.4, -0.2) is 18.7 Å². The first-order valence-corrected chi connectivity index (χ1v) is 4.99. The molecule has 0 heterocycles. The number of halogens is 1. The molecule has 0 aliphatic heterocycles. The topological polar surface area (TPSA) is 46.2 Å². The van der Waals surface area contributed by atoms with Crippen molar-refractivity contribution in [2.45, 2.75) is 6.42 Å². The van der Waals surface area contributed by atoms with Gasteiger partial charge in [0.1, 0.15) is 0 Å². The summed E-state index contributed by atoms with van der Waals surface area (Å²) in [5, 5.41) is 2.48. The molecule has 1 N–H and O–H groups in total. The summed E-state index contributed by atoms with van der Waals surface area (Å²) < 4.78 is 1.01. The lowest BCUT2D eigenvalue weighted by Crippen LogP contribution is -2.26. The summed E-state index contributed by atoms with van der Waals surface area (Å²) in [6.45, 7) is 0.472. The fourth-order valence-electron chi connectivity index (χ4n) is 1.06. The van der Waals surface area contributed by atoms with Crippen molar-refractivity contribution in [3.8, 4) is 0 Å². The van der Waals surface area contributed by atoms with E-state index in [1.165, 1.54) is 0 Å². The highest BCUT2D eigenvalue weighted by atomic mass is 79.9. The van der Waals surface area contributed by atoms with Gasteiger partial charge in [0.15, 0.2) is 0 Å². The van der Waals surface area contributed by atoms with Crippen LogP contribution in [0.15, 0.2) is 28.7 Å². The Hall–Kier alpha value is -1.16. The zero-order valence-electron chi connectivity index (χ0n) is 7.50. The quantitative estimate of drug-likeness (QED) is 0.652. The number of hydrogen-bond donors (Lipinski definition) is 1. The number of carbonyl (C=O) groups excluding carboxylic acids is 2. The molecule has 0 unspecified atom stereocenters.